The minimum absolute atomic E-state index is 0.0649. The fraction of sp³-hybridized carbons (Fsp3) is 0.120. The van der Waals surface area contributed by atoms with E-state index >= 15 is 0 Å². The fourth-order valence-corrected chi connectivity index (χ4v) is 3.52. The van der Waals surface area contributed by atoms with Gasteiger partial charge in [0.25, 0.3) is 17.5 Å². The third-order valence-electron chi connectivity index (χ3n) is 4.81. The molecule has 3 rings (SSSR count). The van der Waals surface area contributed by atoms with Crippen LogP contribution < -0.4 is 15.4 Å². The van der Waals surface area contributed by atoms with E-state index in [0.29, 0.717) is 17.0 Å². The Morgan fingerprint density at radius 2 is 1.65 bits per heavy atom. The second-order valence-corrected chi connectivity index (χ2v) is 7.94. The molecule has 0 saturated carbocycles. The van der Waals surface area contributed by atoms with Crippen LogP contribution in [0.1, 0.15) is 27.0 Å². The molecular formula is C25H22ClN3O5. The summed E-state index contributed by atoms with van der Waals surface area (Å²) >= 11 is 6.21. The number of nitrogens with one attached hydrogen (secondary N) is 2. The summed E-state index contributed by atoms with van der Waals surface area (Å²) in [5.74, 6) is -0.687. The largest absolute Gasteiger partial charge is 0.497 e. The van der Waals surface area contributed by atoms with Gasteiger partial charge < -0.3 is 15.4 Å². The molecular weight excluding hydrogens is 458 g/mol. The third kappa shape index (κ3) is 6.20. The van der Waals surface area contributed by atoms with Crippen LogP contribution in [0.4, 0.5) is 11.4 Å². The lowest BCUT2D eigenvalue weighted by molar-refractivity contribution is -0.384. The van der Waals surface area contributed by atoms with Gasteiger partial charge in [-0.25, -0.2) is 0 Å². The molecule has 2 N–H and O–H groups in total. The van der Waals surface area contributed by atoms with Crippen LogP contribution in [-0.4, -0.2) is 23.8 Å². The van der Waals surface area contributed by atoms with Gasteiger partial charge in [-0.3, -0.25) is 19.7 Å². The van der Waals surface area contributed by atoms with Crippen molar-refractivity contribution in [1.29, 1.82) is 0 Å². The van der Waals surface area contributed by atoms with Gasteiger partial charge in [-0.05, 0) is 79.1 Å². The minimum atomic E-state index is -0.601. The number of nitrogens with zero attached hydrogens (tertiary/aromatic N) is 1. The second-order valence-electron chi connectivity index (χ2n) is 7.54. The highest BCUT2D eigenvalue weighted by molar-refractivity contribution is 6.34. The molecule has 8 nitrogen and oxygen atoms in total. The van der Waals surface area contributed by atoms with Gasteiger partial charge in [-0.1, -0.05) is 17.7 Å². The molecule has 3 aromatic rings. The molecule has 0 fully saturated rings. The molecule has 0 saturated heterocycles. The van der Waals surface area contributed by atoms with Gasteiger partial charge in [-0.15, -0.1) is 0 Å². The molecule has 0 spiro atoms. The Kier molecular flexibility index (Phi) is 7.65. The molecule has 0 bridgehead atoms. The zero-order valence-electron chi connectivity index (χ0n) is 18.7. The van der Waals surface area contributed by atoms with Crippen molar-refractivity contribution >= 4 is 40.9 Å². The van der Waals surface area contributed by atoms with Crippen molar-refractivity contribution in [3.63, 3.8) is 0 Å². The van der Waals surface area contributed by atoms with E-state index < -0.39 is 16.7 Å². The smallest absolute Gasteiger partial charge is 0.272 e. The Bertz CT molecular complexity index is 1270. The van der Waals surface area contributed by atoms with E-state index in [9.17, 15) is 19.7 Å². The lowest BCUT2D eigenvalue weighted by Crippen LogP contribution is -2.31. The first kappa shape index (κ1) is 24.5. The summed E-state index contributed by atoms with van der Waals surface area (Å²) in [6, 6.07) is 15.7. The monoisotopic (exact) mass is 479 g/mol. The van der Waals surface area contributed by atoms with Crippen LogP contribution >= 0.6 is 11.6 Å². The number of aryl methyl sites for hydroxylation is 2. The molecule has 9 heteroatoms. The summed E-state index contributed by atoms with van der Waals surface area (Å²) in [6.45, 7) is 3.81. The van der Waals surface area contributed by atoms with E-state index in [2.05, 4.69) is 10.6 Å². The maximum atomic E-state index is 13.1. The average molecular weight is 480 g/mol. The average Bonchev–Trinajstić information content (AvgIpc) is 2.78. The highest BCUT2D eigenvalue weighted by Gasteiger charge is 2.18. The Morgan fingerprint density at radius 1 is 1.00 bits per heavy atom. The fourth-order valence-electron chi connectivity index (χ4n) is 3.26. The van der Waals surface area contributed by atoms with Gasteiger partial charge in [0.2, 0.25) is 0 Å². The van der Waals surface area contributed by atoms with Crippen molar-refractivity contribution in [3.8, 4) is 5.75 Å². The Labute approximate surface area is 201 Å². The van der Waals surface area contributed by atoms with E-state index in [1.165, 1.54) is 49.6 Å². The first-order chi connectivity index (χ1) is 16.2. The van der Waals surface area contributed by atoms with Crippen molar-refractivity contribution in [1.82, 2.24) is 5.32 Å². The van der Waals surface area contributed by atoms with Crippen LogP contribution in [0, 0.1) is 24.0 Å². The zero-order valence-corrected chi connectivity index (χ0v) is 19.5. The minimum Gasteiger partial charge on any atom is -0.497 e. The molecule has 0 radical (unpaired) electrons. The van der Waals surface area contributed by atoms with Crippen LogP contribution in [0.2, 0.25) is 5.02 Å². The molecule has 0 heterocycles. The summed E-state index contributed by atoms with van der Waals surface area (Å²) in [5.41, 5.74) is 2.97. The van der Waals surface area contributed by atoms with E-state index in [-0.39, 0.29) is 22.0 Å². The highest BCUT2D eigenvalue weighted by atomic mass is 35.5. The predicted molar refractivity (Wildman–Crippen MR) is 131 cm³/mol. The quantitative estimate of drug-likeness (QED) is 0.272. The topological polar surface area (TPSA) is 111 Å². The van der Waals surface area contributed by atoms with Crippen molar-refractivity contribution < 1.29 is 19.2 Å². The van der Waals surface area contributed by atoms with Crippen LogP contribution in [0.3, 0.4) is 0 Å². The molecule has 0 aliphatic heterocycles. The highest BCUT2D eigenvalue weighted by Crippen LogP contribution is 2.23. The van der Waals surface area contributed by atoms with Gasteiger partial charge in [0.15, 0.2) is 0 Å². The van der Waals surface area contributed by atoms with Gasteiger partial charge in [0.1, 0.15) is 11.4 Å². The molecule has 174 valence electrons. The van der Waals surface area contributed by atoms with E-state index in [1.54, 1.807) is 18.2 Å². The summed E-state index contributed by atoms with van der Waals surface area (Å²) in [5, 5.41) is 16.5. The van der Waals surface area contributed by atoms with Crippen molar-refractivity contribution in [3.05, 3.63) is 104 Å². The predicted octanol–water partition coefficient (Wildman–Crippen LogP) is 5.28. The van der Waals surface area contributed by atoms with Crippen molar-refractivity contribution in [2.45, 2.75) is 13.8 Å². The number of carbonyl (C=O) groups is 2. The summed E-state index contributed by atoms with van der Waals surface area (Å²) < 4.78 is 5.10. The van der Waals surface area contributed by atoms with E-state index in [0.717, 1.165) is 11.1 Å². The number of methoxy groups -OCH3 is 1. The summed E-state index contributed by atoms with van der Waals surface area (Å²) in [6.07, 6.45) is 1.43. The third-order valence-corrected chi connectivity index (χ3v) is 5.12. The van der Waals surface area contributed by atoms with E-state index in [4.69, 9.17) is 16.3 Å². The van der Waals surface area contributed by atoms with Gasteiger partial charge in [0.05, 0.1) is 22.6 Å². The number of hydrogen-bond acceptors (Lipinski definition) is 5. The number of nitro groups is 1. The second kappa shape index (κ2) is 10.6. The van der Waals surface area contributed by atoms with Crippen LogP contribution in [0.15, 0.2) is 66.4 Å². The Morgan fingerprint density at radius 3 is 2.21 bits per heavy atom. The van der Waals surface area contributed by atoms with Crippen LogP contribution in [0.25, 0.3) is 6.08 Å². The standard InChI is InChI=1S/C25H22ClN3O5/c1-15-10-16(2)12-18(11-15)27-25(31)23(13-17-4-6-19(7-5-17)29(32)33)28-24(30)21-9-8-20(34-3)14-22(21)26/h4-14H,1-3H3,(H,27,31)(H,28,30). The maximum absolute atomic E-state index is 13.1. The first-order valence-electron chi connectivity index (χ1n) is 10.2. The van der Waals surface area contributed by atoms with E-state index in [1.807, 2.05) is 19.9 Å². The van der Waals surface area contributed by atoms with Crippen LogP contribution in [-0.2, 0) is 4.79 Å². The number of hydrogen-bond donors (Lipinski definition) is 2. The molecule has 0 unspecified atom stereocenters. The SMILES string of the molecule is COc1ccc(C(=O)NC(=Cc2ccc([N+](=O)[O-])cc2)C(=O)Nc2cc(C)cc(C)c2)c(Cl)c1. The summed E-state index contributed by atoms with van der Waals surface area (Å²) in [4.78, 5) is 36.4. The molecule has 3 aromatic carbocycles. The Hall–Kier alpha value is -4.17. The molecule has 2 amide bonds. The number of halogens is 1. The number of nitro benzene ring substituents is 1. The molecule has 34 heavy (non-hydrogen) atoms. The molecule has 0 aromatic heterocycles. The number of rotatable bonds is 7. The lowest BCUT2D eigenvalue weighted by atomic mass is 10.1. The number of amides is 2. The number of ether oxygens (including phenoxy) is 1. The number of non-ortho nitro benzene ring substituents is 1. The van der Waals surface area contributed by atoms with Crippen LogP contribution in [0.5, 0.6) is 5.75 Å². The molecule has 0 aliphatic carbocycles. The lowest BCUT2D eigenvalue weighted by Gasteiger charge is -2.13. The number of benzene rings is 3. The molecule has 0 atom stereocenters. The van der Waals surface area contributed by atoms with Gasteiger partial charge in [0, 0.05) is 17.8 Å². The van der Waals surface area contributed by atoms with Crippen molar-refractivity contribution in [2.75, 3.05) is 12.4 Å². The Balaban J connectivity index is 1.94. The number of carbonyl (C=O) groups excluding carboxylic acids is 2. The summed E-state index contributed by atoms with van der Waals surface area (Å²) in [7, 11) is 1.48. The van der Waals surface area contributed by atoms with Gasteiger partial charge in [-0.2, -0.15) is 0 Å². The zero-order chi connectivity index (χ0) is 24.8. The number of anilines is 1. The van der Waals surface area contributed by atoms with Gasteiger partial charge >= 0.3 is 0 Å². The normalized spacial score (nSPS) is 11.0. The molecule has 0 aliphatic rings. The maximum Gasteiger partial charge on any atom is 0.272 e. The van der Waals surface area contributed by atoms with Crippen molar-refractivity contribution in [2.24, 2.45) is 0 Å². The first-order valence-corrected chi connectivity index (χ1v) is 10.5.